The molecule has 0 aromatic heterocycles. The summed E-state index contributed by atoms with van der Waals surface area (Å²) in [5.74, 6) is -3.45. The minimum Gasteiger partial charge on any atom is -0.478 e. The van der Waals surface area contributed by atoms with Crippen molar-refractivity contribution in [2.75, 3.05) is 0 Å². The maximum absolute atomic E-state index is 12.5. The molecule has 0 unspecified atom stereocenters. The van der Waals surface area contributed by atoms with Gasteiger partial charge in [-0.15, -0.1) is 0 Å². The number of hydrogen-bond donors (Lipinski definition) is 1. The number of rotatable bonds is 1. The average molecular weight is 284 g/mol. The molecular weight excluding hydrogens is 281 g/mol. The fourth-order valence-corrected chi connectivity index (χ4v) is 1.35. The highest BCUT2D eigenvalue weighted by molar-refractivity contribution is 14.1. The van der Waals surface area contributed by atoms with Crippen molar-refractivity contribution < 1.29 is 18.7 Å². The highest BCUT2D eigenvalue weighted by atomic mass is 127. The van der Waals surface area contributed by atoms with E-state index >= 15 is 0 Å². The molecule has 64 valence electrons. The van der Waals surface area contributed by atoms with Crippen molar-refractivity contribution in [3.05, 3.63) is 32.9 Å². The number of benzene rings is 1. The van der Waals surface area contributed by atoms with E-state index in [1.807, 2.05) is 0 Å². The third-order valence-corrected chi connectivity index (χ3v) is 2.13. The molecule has 0 bridgehead atoms. The van der Waals surface area contributed by atoms with E-state index in [-0.39, 0.29) is 9.13 Å². The Hall–Kier alpha value is -0.720. The quantitative estimate of drug-likeness (QED) is 0.634. The van der Waals surface area contributed by atoms with Gasteiger partial charge in [0.2, 0.25) is 0 Å². The van der Waals surface area contributed by atoms with Crippen LogP contribution in [0.1, 0.15) is 10.4 Å². The lowest BCUT2D eigenvalue weighted by atomic mass is 10.2. The lowest BCUT2D eigenvalue weighted by molar-refractivity contribution is 0.0695. The Balaban J connectivity index is 3.33. The summed E-state index contributed by atoms with van der Waals surface area (Å²) >= 11 is 1.63. The van der Waals surface area contributed by atoms with Crippen LogP contribution in [0.5, 0.6) is 0 Å². The number of carbonyl (C=O) groups is 1. The predicted molar refractivity (Wildman–Crippen MR) is 46.0 cm³/mol. The van der Waals surface area contributed by atoms with Crippen LogP contribution in [0.3, 0.4) is 0 Å². The van der Waals surface area contributed by atoms with Gasteiger partial charge >= 0.3 is 5.97 Å². The molecule has 0 aliphatic heterocycles. The molecule has 0 aliphatic carbocycles. The second kappa shape index (κ2) is 3.34. The first-order valence-corrected chi connectivity index (χ1v) is 3.98. The number of halogens is 3. The summed E-state index contributed by atoms with van der Waals surface area (Å²) in [5, 5.41) is 8.49. The molecule has 1 aromatic rings. The molecular formula is C7H3F2IO2. The summed E-state index contributed by atoms with van der Waals surface area (Å²) in [6, 6.07) is 1.51. The van der Waals surface area contributed by atoms with Crippen LogP contribution in [0.15, 0.2) is 12.1 Å². The van der Waals surface area contributed by atoms with E-state index in [0.717, 1.165) is 6.07 Å². The first kappa shape index (κ1) is 9.37. The maximum Gasteiger partial charge on any atom is 0.336 e. The molecule has 0 radical (unpaired) electrons. The van der Waals surface area contributed by atoms with Crippen molar-refractivity contribution in [1.29, 1.82) is 0 Å². The van der Waals surface area contributed by atoms with Crippen LogP contribution in [0.25, 0.3) is 0 Å². The van der Waals surface area contributed by atoms with Gasteiger partial charge in [-0.25, -0.2) is 13.6 Å². The number of carboxylic acids is 1. The van der Waals surface area contributed by atoms with E-state index in [0.29, 0.717) is 6.07 Å². The number of carboxylic acid groups (broad SMARTS) is 1. The monoisotopic (exact) mass is 284 g/mol. The third-order valence-electron chi connectivity index (χ3n) is 1.24. The first-order valence-electron chi connectivity index (χ1n) is 2.90. The molecule has 2 nitrogen and oxygen atoms in total. The van der Waals surface area contributed by atoms with E-state index in [9.17, 15) is 13.6 Å². The van der Waals surface area contributed by atoms with Crippen LogP contribution in [0, 0.1) is 15.2 Å². The van der Waals surface area contributed by atoms with Gasteiger partial charge in [0.05, 0.1) is 5.56 Å². The van der Waals surface area contributed by atoms with Gasteiger partial charge in [0.15, 0.2) is 11.6 Å². The van der Waals surface area contributed by atoms with Gasteiger partial charge in [-0.1, -0.05) is 0 Å². The smallest absolute Gasteiger partial charge is 0.336 e. The lowest BCUT2D eigenvalue weighted by Crippen LogP contribution is -2.01. The summed E-state index contributed by atoms with van der Waals surface area (Å²) in [4.78, 5) is 10.4. The predicted octanol–water partition coefficient (Wildman–Crippen LogP) is 2.27. The molecule has 1 N–H and O–H groups in total. The lowest BCUT2D eigenvalue weighted by Gasteiger charge is -1.99. The van der Waals surface area contributed by atoms with Crippen molar-refractivity contribution >= 4 is 28.6 Å². The van der Waals surface area contributed by atoms with E-state index in [2.05, 4.69) is 0 Å². The fourth-order valence-electron chi connectivity index (χ4n) is 0.686. The minimum atomic E-state index is -1.27. The van der Waals surface area contributed by atoms with Gasteiger partial charge in [-0.05, 0) is 34.7 Å². The van der Waals surface area contributed by atoms with Crippen molar-refractivity contribution in [3.63, 3.8) is 0 Å². The number of hydrogen-bond acceptors (Lipinski definition) is 1. The average Bonchev–Trinajstić information content (AvgIpc) is 1.96. The summed E-state index contributed by atoms with van der Waals surface area (Å²) in [6.45, 7) is 0. The van der Waals surface area contributed by atoms with Crippen LogP contribution < -0.4 is 0 Å². The van der Waals surface area contributed by atoms with E-state index in [1.54, 1.807) is 22.6 Å². The zero-order chi connectivity index (χ0) is 9.30. The molecule has 0 saturated heterocycles. The molecule has 12 heavy (non-hydrogen) atoms. The van der Waals surface area contributed by atoms with Crippen LogP contribution >= 0.6 is 22.6 Å². The Morgan fingerprint density at radius 2 is 1.83 bits per heavy atom. The molecule has 0 aliphatic rings. The molecule has 0 amide bonds. The molecule has 0 fully saturated rings. The maximum atomic E-state index is 12.5. The molecule has 5 heteroatoms. The molecule has 0 saturated carbocycles. The van der Waals surface area contributed by atoms with Crippen molar-refractivity contribution in [2.45, 2.75) is 0 Å². The Morgan fingerprint density at radius 3 is 2.33 bits per heavy atom. The molecule has 0 spiro atoms. The van der Waals surface area contributed by atoms with Gasteiger partial charge in [0.1, 0.15) is 0 Å². The summed E-state index contributed by atoms with van der Waals surface area (Å²) in [5.41, 5.74) is -0.227. The van der Waals surface area contributed by atoms with E-state index in [1.165, 1.54) is 0 Å². The third kappa shape index (κ3) is 1.71. The van der Waals surface area contributed by atoms with Gasteiger partial charge < -0.3 is 5.11 Å². The molecule has 1 rings (SSSR count). The van der Waals surface area contributed by atoms with Crippen LogP contribution in [-0.2, 0) is 0 Å². The molecule has 1 aromatic carbocycles. The zero-order valence-electron chi connectivity index (χ0n) is 5.64. The highest BCUT2D eigenvalue weighted by Crippen LogP contribution is 2.16. The molecule has 0 heterocycles. The second-order valence-electron chi connectivity index (χ2n) is 2.05. The Bertz CT molecular complexity index is 338. The van der Waals surface area contributed by atoms with Crippen LogP contribution in [0.4, 0.5) is 8.78 Å². The van der Waals surface area contributed by atoms with Crippen molar-refractivity contribution in [3.8, 4) is 0 Å². The Kier molecular flexibility index (Phi) is 2.61. The Labute approximate surface area is 80.3 Å². The van der Waals surface area contributed by atoms with Crippen LogP contribution in [0.2, 0.25) is 0 Å². The Morgan fingerprint density at radius 1 is 1.33 bits per heavy atom. The minimum absolute atomic E-state index is 0.180. The summed E-state index contributed by atoms with van der Waals surface area (Å²) < 4.78 is 25.1. The standard InChI is InChI=1S/C7H3F2IO2/c8-4-1-3(7(11)12)6(10)2-5(4)9/h1-2H,(H,11,12). The fraction of sp³-hybridized carbons (Fsp3) is 0. The topological polar surface area (TPSA) is 37.3 Å². The largest absolute Gasteiger partial charge is 0.478 e. The van der Waals surface area contributed by atoms with Crippen molar-refractivity contribution in [1.82, 2.24) is 0 Å². The van der Waals surface area contributed by atoms with Gasteiger partial charge in [0, 0.05) is 3.57 Å². The van der Waals surface area contributed by atoms with Gasteiger partial charge in [-0.2, -0.15) is 0 Å². The first-order chi connectivity index (χ1) is 5.52. The molecule has 0 atom stereocenters. The van der Waals surface area contributed by atoms with E-state index < -0.39 is 17.6 Å². The second-order valence-corrected chi connectivity index (χ2v) is 3.21. The van der Waals surface area contributed by atoms with Gasteiger partial charge in [0.25, 0.3) is 0 Å². The zero-order valence-corrected chi connectivity index (χ0v) is 7.80. The summed E-state index contributed by atoms with van der Waals surface area (Å²) in [7, 11) is 0. The number of aromatic carboxylic acids is 1. The highest BCUT2D eigenvalue weighted by Gasteiger charge is 2.12. The summed E-state index contributed by atoms with van der Waals surface area (Å²) in [6.07, 6.45) is 0. The van der Waals surface area contributed by atoms with Gasteiger partial charge in [-0.3, -0.25) is 0 Å². The van der Waals surface area contributed by atoms with Crippen molar-refractivity contribution in [2.24, 2.45) is 0 Å². The van der Waals surface area contributed by atoms with Crippen LogP contribution in [-0.4, -0.2) is 11.1 Å². The normalized spacial score (nSPS) is 9.92. The van der Waals surface area contributed by atoms with E-state index in [4.69, 9.17) is 5.11 Å². The SMILES string of the molecule is O=C(O)c1cc(F)c(F)cc1I.